The number of halogens is 3. The Labute approximate surface area is 105 Å². The van der Waals surface area contributed by atoms with Crippen LogP contribution in [0.2, 0.25) is 0 Å². The van der Waals surface area contributed by atoms with Gasteiger partial charge in [0, 0.05) is 6.61 Å². The van der Waals surface area contributed by atoms with E-state index in [1.165, 1.54) is 0 Å². The Balaban J connectivity index is 3.78. The van der Waals surface area contributed by atoms with E-state index in [9.17, 15) is 18.0 Å². The lowest BCUT2D eigenvalue weighted by atomic mass is 9.96. The fraction of sp³-hybridized carbons (Fsp3) is 0.909. The first kappa shape index (κ1) is 17.2. The number of carboxylic acid groups (broad SMARTS) is 1. The van der Waals surface area contributed by atoms with Gasteiger partial charge in [-0.15, -0.1) is 0 Å². The lowest BCUT2D eigenvalue weighted by Crippen LogP contribution is -2.49. The number of carboxylic acids is 1. The van der Waals surface area contributed by atoms with Gasteiger partial charge in [0.1, 0.15) is 12.1 Å². The van der Waals surface area contributed by atoms with E-state index in [-0.39, 0.29) is 6.61 Å². The average Bonchev–Trinajstić information content (AvgIpc) is 2.22. The molecule has 0 aliphatic heterocycles. The topological polar surface area (TPSA) is 58.6 Å². The van der Waals surface area contributed by atoms with E-state index in [0.29, 0.717) is 25.8 Å². The third kappa shape index (κ3) is 7.50. The predicted molar refractivity (Wildman–Crippen MR) is 60.4 cm³/mol. The van der Waals surface area contributed by atoms with Crippen LogP contribution in [0, 0.1) is 0 Å². The number of hydrogen-bond donors (Lipinski definition) is 2. The maximum atomic E-state index is 11.7. The zero-order valence-electron chi connectivity index (χ0n) is 10.6. The first-order valence-corrected chi connectivity index (χ1v) is 5.84. The molecule has 1 unspecified atom stereocenters. The molecule has 2 N–H and O–H groups in total. The summed E-state index contributed by atoms with van der Waals surface area (Å²) in [5, 5.41) is 11.9. The van der Waals surface area contributed by atoms with Crippen molar-refractivity contribution in [3.63, 3.8) is 0 Å². The molecule has 0 bridgehead atoms. The van der Waals surface area contributed by atoms with Crippen LogP contribution in [0.5, 0.6) is 0 Å². The van der Waals surface area contributed by atoms with E-state index in [2.05, 4.69) is 10.1 Å². The molecule has 0 fully saturated rings. The minimum absolute atomic E-state index is 0.0473. The Morgan fingerprint density at radius 3 is 2.44 bits per heavy atom. The van der Waals surface area contributed by atoms with Gasteiger partial charge in [0.2, 0.25) is 0 Å². The van der Waals surface area contributed by atoms with Crippen molar-refractivity contribution in [1.82, 2.24) is 5.32 Å². The normalized spacial score (nSPS) is 15.4. The van der Waals surface area contributed by atoms with Crippen molar-refractivity contribution in [2.75, 3.05) is 19.8 Å². The zero-order valence-corrected chi connectivity index (χ0v) is 10.6. The zero-order chi connectivity index (χ0) is 14.2. The number of aliphatic carboxylic acids is 1. The summed E-state index contributed by atoms with van der Waals surface area (Å²) in [6.45, 7) is 2.43. The fourth-order valence-electron chi connectivity index (χ4n) is 1.50. The van der Waals surface area contributed by atoms with Crippen LogP contribution in [0.15, 0.2) is 0 Å². The van der Waals surface area contributed by atoms with Gasteiger partial charge in [0.05, 0.1) is 0 Å². The summed E-state index contributed by atoms with van der Waals surface area (Å²) in [6, 6.07) is 0. The molecule has 7 heteroatoms. The van der Waals surface area contributed by atoms with Crippen molar-refractivity contribution < 1.29 is 27.8 Å². The Morgan fingerprint density at radius 1 is 1.39 bits per heavy atom. The summed E-state index contributed by atoms with van der Waals surface area (Å²) in [4.78, 5) is 11.0. The Morgan fingerprint density at radius 2 is 2.00 bits per heavy atom. The molecule has 0 aromatic carbocycles. The summed E-state index contributed by atoms with van der Waals surface area (Å²) >= 11 is 0. The van der Waals surface area contributed by atoms with E-state index >= 15 is 0 Å². The van der Waals surface area contributed by atoms with Crippen LogP contribution < -0.4 is 5.32 Å². The van der Waals surface area contributed by atoms with E-state index in [4.69, 9.17) is 5.11 Å². The van der Waals surface area contributed by atoms with Crippen molar-refractivity contribution in [2.45, 2.75) is 44.8 Å². The van der Waals surface area contributed by atoms with Gasteiger partial charge in [0.25, 0.3) is 0 Å². The van der Waals surface area contributed by atoms with E-state index in [1.54, 1.807) is 6.92 Å². The average molecular weight is 271 g/mol. The summed E-state index contributed by atoms with van der Waals surface area (Å²) in [5.74, 6) is -0.958. The first-order chi connectivity index (χ1) is 8.21. The van der Waals surface area contributed by atoms with Gasteiger partial charge >= 0.3 is 12.1 Å². The highest BCUT2D eigenvalue weighted by atomic mass is 19.4. The number of rotatable bonds is 9. The molecule has 0 aromatic heterocycles. The van der Waals surface area contributed by atoms with E-state index in [0.717, 1.165) is 0 Å². The van der Waals surface area contributed by atoms with Crippen molar-refractivity contribution in [3.8, 4) is 0 Å². The Kier molecular flexibility index (Phi) is 7.23. The number of ether oxygens (including phenoxy) is 1. The van der Waals surface area contributed by atoms with Gasteiger partial charge in [-0.2, -0.15) is 13.2 Å². The molecule has 0 rings (SSSR count). The fourth-order valence-corrected chi connectivity index (χ4v) is 1.50. The van der Waals surface area contributed by atoms with Crippen molar-refractivity contribution in [1.29, 1.82) is 0 Å². The minimum atomic E-state index is -4.31. The molecule has 0 aromatic rings. The number of alkyl halides is 3. The third-order valence-corrected chi connectivity index (χ3v) is 2.47. The molecular formula is C11H20F3NO3. The monoisotopic (exact) mass is 271 g/mol. The van der Waals surface area contributed by atoms with Gasteiger partial charge in [0.15, 0.2) is 0 Å². The second-order valence-electron chi connectivity index (χ2n) is 4.34. The van der Waals surface area contributed by atoms with Crippen LogP contribution in [0.25, 0.3) is 0 Å². The van der Waals surface area contributed by atoms with Gasteiger partial charge in [-0.1, -0.05) is 13.3 Å². The maximum absolute atomic E-state index is 11.7. The predicted octanol–water partition coefficient (Wildman–Crippen LogP) is 2.19. The summed E-state index contributed by atoms with van der Waals surface area (Å²) in [7, 11) is 0. The molecule has 1 atom stereocenters. The van der Waals surface area contributed by atoms with Gasteiger partial charge in [-0.25, -0.2) is 0 Å². The van der Waals surface area contributed by atoms with Gasteiger partial charge in [-0.05, 0) is 26.3 Å². The molecule has 0 saturated carbocycles. The molecule has 0 aliphatic rings. The second-order valence-corrected chi connectivity index (χ2v) is 4.34. The highest BCUT2D eigenvalue weighted by Crippen LogP contribution is 2.15. The maximum Gasteiger partial charge on any atom is 0.411 e. The smallest absolute Gasteiger partial charge is 0.411 e. The Hall–Kier alpha value is -0.820. The van der Waals surface area contributed by atoms with Crippen LogP contribution in [0.4, 0.5) is 13.2 Å². The lowest BCUT2D eigenvalue weighted by Gasteiger charge is -2.25. The molecule has 0 amide bonds. The summed E-state index contributed by atoms with van der Waals surface area (Å²) < 4.78 is 39.6. The molecule has 0 spiro atoms. The number of carbonyl (C=O) groups is 1. The van der Waals surface area contributed by atoms with Gasteiger partial charge in [-0.3, -0.25) is 4.79 Å². The molecule has 0 saturated heterocycles. The number of hydrogen-bond acceptors (Lipinski definition) is 3. The highest BCUT2D eigenvalue weighted by molar-refractivity contribution is 5.78. The summed E-state index contributed by atoms with van der Waals surface area (Å²) in [6.07, 6.45) is -2.81. The summed E-state index contributed by atoms with van der Waals surface area (Å²) in [5.41, 5.74) is -1.03. The van der Waals surface area contributed by atoms with Crippen LogP contribution in [0.3, 0.4) is 0 Å². The quantitative estimate of drug-likeness (QED) is 0.631. The lowest BCUT2D eigenvalue weighted by molar-refractivity contribution is -0.174. The van der Waals surface area contributed by atoms with Gasteiger partial charge < -0.3 is 15.2 Å². The van der Waals surface area contributed by atoms with Crippen LogP contribution >= 0.6 is 0 Å². The Bertz CT molecular complexity index is 258. The van der Waals surface area contributed by atoms with Crippen LogP contribution in [-0.4, -0.2) is 42.5 Å². The molecule has 108 valence electrons. The van der Waals surface area contributed by atoms with Crippen molar-refractivity contribution >= 4 is 5.97 Å². The molecule has 0 radical (unpaired) electrons. The number of nitrogens with one attached hydrogen (secondary N) is 1. The standard InChI is InChI=1S/C11H20F3NO3/c1-3-5-10(2,9(16)17)15-6-4-7-18-8-11(12,13)14/h15H,3-8H2,1-2H3,(H,16,17). The van der Waals surface area contributed by atoms with E-state index < -0.39 is 24.3 Å². The van der Waals surface area contributed by atoms with Crippen molar-refractivity contribution in [3.05, 3.63) is 0 Å². The molecule has 0 heterocycles. The van der Waals surface area contributed by atoms with Crippen LogP contribution in [0.1, 0.15) is 33.1 Å². The van der Waals surface area contributed by atoms with E-state index in [1.807, 2.05) is 6.92 Å². The molecular weight excluding hydrogens is 251 g/mol. The molecule has 0 aliphatic carbocycles. The second kappa shape index (κ2) is 7.58. The molecule has 18 heavy (non-hydrogen) atoms. The SMILES string of the molecule is CCCC(C)(NCCCOCC(F)(F)F)C(=O)O. The highest BCUT2D eigenvalue weighted by Gasteiger charge is 2.31. The van der Waals surface area contributed by atoms with Crippen molar-refractivity contribution in [2.24, 2.45) is 0 Å². The largest absolute Gasteiger partial charge is 0.480 e. The minimum Gasteiger partial charge on any atom is -0.480 e. The van der Waals surface area contributed by atoms with Crippen LogP contribution in [-0.2, 0) is 9.53 Å². The molecule has 4 nitrogen and oxygen atoms in total. The first-order valence-electron chi connectivity index (χ1n) is 5.84. The third-order valence-electron chi connectivity index (χ3n) is 2.47.